The number of aliphatic hydroxyl groups is 1. The first kappa shape index (κ1) is 17.2. The maximum absolute atomic E-state index is 9.41. The van der Waals surface area contributed by atoms with Crippen molar-refractivity contribution < 1.29 is 5.11 Å². The molecule has 1 fully saturated rings. The maximum Gasteiger partial charge on any atom is 0.137 e. The van der Waals surface area contributed by atoms with E-state index in [9.17, 15) is 5.11 Å². The smallest absolute Gasteiger partial charge is 0.137 e. The minimum Gasteiger partial charge on any atom is -0.396 e. The van der Waals surface area contributed by atoms with Crippen LogP contribution in [-0.2, 0) is 6.54 Å². The largest absolute Gasteiger partial charge is 0.396 e. The molecule has 0 aromatic carbocycles. The SMILES string of the molecule is OCC1CCCN(c2cc(NCc3cn4cc(Br)ccc4n3)ncn2)C1. The summed E-state index contributed by atoms with van der Waals surface area (Å²) < 4.78 is 3.01. The van der Waals surface area contributed by atoms with Crippen molar-refractivity contribution in [2.45, 2.75) is 19.4 Å². The fraction of sp³-hybridized carbons (Fsp3) is 0.389. The number of rotatable bonds is 5. The van der Waals surface area contributed by atoms with E-state index in [4.69, 9.17) is 0 Å². The summed E-state index contributed by atoms with van der Waals surface area (Å²) in [5.41, 5.74) is 1.86. The molecule has 0 spiro atoms. The number of hydrogen-bond donors (Lipinski definition) is 2. The summed E-state index contributed by atoms with van der Waals surface area (Å²) in [7, 11) is 0. The van der Waals surface area contributed by atoms with Gasteiger partial charge in [0.1, 0.15) is 23.6 Å². The average Bonchev–Trinajstić information content (AvgIpc) is 3.08. The van der Waals surface area contributed by atoms with Crippen molar-refractivity contribution in [3.8, 4) is 0 Å². The van der Waals surface area contributed by atoms with Crippen LogP contribution < -0.4 is 10.2 Å². The molecule has 4 heterocycles. The van der Waals surface area contributed by atoms with Gasteiger partial charge in [0.15, 0.2) is 0 Å². The van der Waals surface area contributed by atoms with E-state index in [-0.39, 0.29) is 6.61 Å². The Morgan fingerprint density at radius 2 is 2.19 bits per heavy atom. The third kappa shape index (κ3) is 3.81. The van der Waals surface area contributed by atoms with Crippen molar-refractivity contribution in [2.75, 3.05) is 29.9 Å². The predicted octanol–water partition coefficient (Wildman–Crippen LogP) is 2.71. The number of fused-ring (bicyclic) bond motifs is 1. The zero-order valence-corrected chi connectivity index (χ0v) is 15.9. The molecule has 7 nitrogen and oxygen atoms in total. The minimum atomic E-state index is 0.233. The Bertz CT molecular complexity index is 898. The molecule has 0 aliphatic carbocycles. The fourth-order valence-electron chi connectivity index (χ4n) is 3.32. The van der Waals surface area contributed by atoms with E-state index < -0.39 is 0 Å². The molecule has 1 aliphatic rings. The highest BCUT2D eigenvalue weighted by Crippen LogP contribution is 2.22. The Kier molecular flexibility index (Phi) is 5.03. The summed E-state index contributed by atoms with van der Waals surface area (Å²) in [6, 6.07) is 5.92. The van der Waals surface area contributed by atoms with E-state index in [2.05, 4.69) is 41.1 Å². The number of hydrogen-bond acceptors (Lipinski definition) is 6. The highest BCUT2D eigenvalue weighted by Gasteiger charge is 2.20. The van der Waals surface area contributed by atoms with Crippen LogP contribution in [0.3, 0.4) is 0 Å². The highest BCUT2D eigenvalue weighted by molar-refractivity contribution is 9.10. The molecule has 1 atom stereocenters. The van der Waals surface area contributed by atoms with Crippen LogP contribution in [-0.4, -0.2) is 44.2 Å². The molecule has 136 valence electrons. The van der Waals surface area contributed by atoms with Crippen LogP contribution in [0.5, 0.6) is 0 Å². The van der Waals surface area contributed by atoms with Crippen molar-refractivity contribution in [2.24, 2.45) is 5.92 Å². The highest BCUT2D eigenvalue weighted by atomic mass is 79.9. The molecule has 1 aliphatic heterocycles. The van der Waals surface area contributed by atoms with E-state index in [1.165, 1.54) is 0 Å². The second-order valence-electron chi connectivity index (χ2n) is 6.60. The maximum atomic E-state index is 9.41. The van der Waals surface area contributed by atoms with Crippen LogP contribution in [0, 0.1) is 5.92 Å². The average molecular weight is 417 g/mol. The molecule has 3 aromatic rings. The molecule has 0 bridgehead atoms. The van der Waals surface area contributed by atoms with Crippen LogP contribution in [0.25, 0.3) is 5.65 Å². The Morgan fingerprint density at radius 1 is 1.27 bits per heavy atom. The van der Waals surface area contributed by atoms with Gasteiger partial charge in [-0.25, -0.2) is 15.0 Å². The number of aliphatic hydroxyl groups excluding tert-OH is 1. The molecule has 3 aromatic heterocycles. The van der Waals surface area contributed by atoms with Gasteiger partial charge >= 0.3 is 0 Å². The number of nitrogens with one attached hydrogen (secondary N) is 1. The number of nitrogens with zero attached hydrogens (tertiary/aromatic N) is 5. The van der Waals surface area contributed by atoms with E-state index in [0.29, 0.717) is 12.5 Å². The number of halogens is 1. The molecule has 1 unspecified atom stereocenters. The van der Waals surface area contributed by atoms with Crippen LogP contribution in [0.1, 0.15) is 18.5 Å². The van der Waals surface area contributed by atoms with Gasteiger partial charge in [0.2, 0.25) is 0 Å². The quantitative estimate of drug-likeness (QED) is 0.665. The second-order valence-corrected chi connectivity index (χ2v) is 7.51. The third-order valence-corrected chi connectivity index (χ3v) is 5.14. The van der Waals surface area contributed by atoms with Gasteiger partial charge in [0.25, 0.3) is 0 Å². The number of piperidine rings is 1. The normalized spacial score (nSPS) is 17.6. The lowest BCUT2D eigenvalue weighted by Gasteiger charge is -2.32. The van der Waals surface area contributed by atoms with Crippen molar-refractivity contribution in [3.05, 3.63) is 47.1 Å². The first-order chi connectivity index (χ1) is 12.7. The molecule has 26 heavy (non-hydrogen) atoms. The summed E-state index contributed by atoms with van der Waals surface area (Å²) >= 11 is 3.47. The van der Waals surface area contributed by atoms with Crippen molar-refractivity contribution in [1.82, 2.24) is 19.4 Å². The summed E-state index contributed by atoms with van der Waals surface area (Å²) in [6.45, 7) is 2.63. The first-order valence-electron chi connectivity index (χ1n) is 8.76. The van der Waals surface area contributed by atoms with Gasteiger partial charge < -0.3 is 19.7 Å². The lowest BCUT2D eigenvalue weighted by molar-refractivity contribution is 0.208. The molecule has 0 radical (unpaired) electrons. The van der Waals surface area contributed by atoms with E-state index in [0.717, 1.165) is 53.4 Å². The van der Waals surface area contributed by atoms with Crippen molar-refractivity contribution in [3.63, 3.8) is 0 Å². The number of imidazole rings is 1. The number of anilines is 2. The molecule has 4 rings (SSSR count). The molecular weight excluding hydrogens is 396 g/mol. The predicted molar refractivity (Wildman–Crippen MR) is 104 cm³/mol. The van der Waals surface area contributed by atoms with Crippen molar-refractivity contribution >= 4 is 33.2 Å². The van der Waals surface area contributed by atoms with Gasteiger partial charge in [-0.15, -0.1) is 0 Å². The molecule has 0 amide bonds. The van der Waals surface area contributed by atoms with E-state index in [1.807, 2.05) is 35.0 Å². The van der Waals surface area contributed by atoms with Gasteiger partial charge in [-0.05, 0) is 46.8 Å². The third-order valence-electron chi connectivity index (χ3n) is 4.67. The van der Waals surface area contributed by atoms with Crippen LogP contribution in [0.2, 0.25) is 0 Å². The zero-order valence-electron chi connectivity index (χ0n) is 14.3. The molecule has 2 N–H and O–H groups in total. The summed E-state index contributed by atoms with van der Waals surface area (Å²) in [6.07, 6.45) is 7.73. The number of aromatic nitrogens is 4. The lowest BCUT2D eigenvalue weighted by Crippen LogP contribution is -2.37. The Balaban J connectivity index is 1.44. The Morgan fingerprint density at radius 3 is 3.08 bits per heavy atom. The van der Waals surface area contributed by atoms with Gasteiger partial charge in [0, 0.05) is 42.6 Å². The Hall–Kier alpha value is -2.19. The van der Waals surface area contributed by atoms with Gasteiger partial charge in [0.05, 0.1) is 12.2 Å². The van der Waals surface area contributed by atoms with Crippen LogP contribution in [0.15, 0.2) is 41.4 Å². The molecule has 1 saturated heterocycles. The van der Waals surface area contributed by atoms with Crippen LogP contribution in [0.4, 0.5) is 11.6 Å². The molecular formula is C18H21BrN6O. The van der Waals surface area contributed by atoms with Gasteiger partial charge in [-0.3, -0.25) is 0 Å². The molecule has 8 heteroatoms. The summed E-state index contributed by atoms with van der Waals surface area (Å²) in [5, 5.41) is 12.7. The second kappa shape index (κ2) is 7.59. The monoisotopic (exact) mass is 416 g/mol. The fourth-order valence-corrected chi connectivity index (χ4v) is 3.68. The first-order valence-corrected chi connectivity index (χ1v) is 9.55. The zero-order chi connectivity index (χ0) is 17.9. The topological polar surface area (TPSA) is 78.6 Å². The van der Waals surface area contributed by atoms with Gasteiger partial charge in [-0.1, -0.05) is 0 Å². The lowest BCUT2D eigenvalue weighted by atomic mass is 9.99. The molecule has 0 saturated carbocycles. The van der Waals surface area contributed by atoms with E-state index in [1.54, 1.807) is 6.33 Å². The number of pyridine rings is 1. The van der Waals surface area contributed by atoms with Crippen LogP contribution >= 0.6 is 15.9 Å². The Labute approximate surface area is 160 Å². The summed E-state index contributed by atoms with van der Waals surface area (Å²) in [5.74, 6) is 2.01. The standard InChI is InChI=1S/C18H21BrN6O/c19-14-3-4-17-23-15(10-25(17)9-14)7-20-16-6-18(22-12-21-16)24-5-1-2-13(8-24)11-26/h3-4,6,9-10,12-13,26H,1-2,5,7-8,11H2,(H,20,21,22). The van der Waals surface area contributed by atoms with E-state index >= 15 is 0 Å². The van der Waals surface area contributed by atoms with Gasteiger partial charge in [-0.2, -0.15) is 0 Å². The van der Waals surface area contributed by atoms with Crippen molar-refractivity contribution in [1.29, 1.82) is 0 Å². The summed E-state index contributed by atoms with van der Waals surface area (Å²) in [4.78, 5) is 15.5. The minimum absolute atomic E-state index is 0.233.